The van der Waals surface area contributed by atoms with E-state index in [1.165, 1.54) is 5.01 Å². The van der Waals surface area contributed by atoms with Gasteiger partial charge in [0.2, 0.25) is 0 Å². The molecule has 0 radical (unpaired) electrons. The van der Waals surface area contributed by atoms with Gasteiger partial charge in [-0.05, 0) is 0 Å². The molecule has 1 fully saturated rings. The summed E-state index contributed by atoms with van der Waals surface area (Å²) in [5.41, 5.74) is -0.696. The molecule has 6 nitrogen and oxygen atoms in total. The highest BCUT2D eigenvalue weighted by molar-refractivity contribution is 6.02. The van der Waals surface area contributed by atoms with Gasteiger partial charge in [-0.15, -0.1) is 0 Å². The second kappa shape index (κ2) is 4.90. The zero-order valence-electron chi connectivity index (χ0n) is 13.6. The smallest absolute Gasteiger partial charge is 0.411 e. The molecule has 0 spiro atoms. The van der Waals surface area contributed by atoms with Gasteiger partial charge in [-0.2, -0.15) is 13.2 Å². The summed E-state index contributed by atoms with van der Waals surface area (Å²) < 4.78 is 49.8. The number of esters is 2. The van der Waals surface area contributed by atoms with Crippen LogP contribution in [-0.4, -0.2) is 54.4 Å². The van der Waals surface area contributed by atoms with Gasteiger partial charge in [0.15, 0.2) is 11.7 Å². The lowest BCUT2D eigenvalue weighted by Crippen LogP contribution is -2.48. The molecular formula is C15H17F3N2O4. The highest BCUT2D eigenvalue weighted by atomic mass is 19.4. The molecule has 1 saturated heterocycles. The Labute approximate surface area is 136 Å². The standard InChI is InChI=1S/C15H17F3N2O4/c1-14(2)6-7-5-8(15(16,17)18)20-10(13(22)24-4)9(12(21)23-3)11(14)19(7)20/h6,8,11H,5H2,1-4H3/t8-,11+/m0/s1. The number of rotatable bonds is 2. The number of halogens is 3. The minimum atomic E-state index is -4.56. The Balaban J connectivity index is 2.24. The van der Waals surface area contributed by atoms with E-state index in [1.807, 2.05) is 0 Å². The summed E-state index contributed by atoms with van der Waals surface area (Å²) in [4.78, 5) is 24.5. The van der Waals surface area contributed by atoms with Crippen LogP contribution >= 0.6 is 0 Å². The first kappa shape index (κ1) is 16.7. The number of hydrazine groups is 1. The van der Waals surface area contributed by atoms with Gasteiger partial charge >= 0.3 is 18.1 Å². The molecule has 0 unspecified atom stereocenters. The second-order valence-electron chi connectivity index (χ2n) is 6.56. The van der Waals surface area contributed by atoms with E-state index in [4.69, 9.17) is 4.74 Å². The number of hydrogen-bond acceptors (Lipinski definition) is 6. The highest BCUT2D eigenvalue weighted by Crippen LogP contribution is 2.56. The molecule has 0 amide bonds. The van der Waals surface area contributed by atoms with Crippen molar-refractivity contribution in [1.82, 2.24) is 10.0 Å². The van der Waals surface area contributed by atoms with Crippen LogP contribution in [0.4, 0.5) is 13.2 Å². The van der Waals surface area contributed by atoms with Gasteiger partial charge in [-0.3, -0.25) is 10.0 Å². The van der Waals surface area contributed by atoms with Crippen LogP contribution < -0.4 is 0 Å². The fraction of sp³-hybridized carbons (Fsp3) is 0.600. The number of carbonyl (C=O) groups excluding carboxylic acids is 2. The predicted octanol–water partition coefficient (Wildman–Crippen LogP) is 1.75. The fourth-order valence-electron chi connectivity index (χ4n) is 3.79. The minimum absolute atomic E-state index is 0.102. The SMILES string of the molecule is COC(=O)C1=C(C(=O)OC)N2[C@H](C(F)(F)F)CC3=CC(C)(C)[C@@H]1N32. The Morgan fingerprint density at radius 2 is 1.75 bits per heavy atom. The van der Waals surface area contributed by atoms with Gasteiger partial charge in [-0.1, -0.05) is 19.9 Å². The summed E-state index contributed by atoms with van der Waals surface area (Å²) in [6.07, 6.45) is -3.13. The Morgan fingerprint density at radius 1 is 1.17 bits per heavy atom. The lowest BCUT2D eigenvalue weighted by Gasteiger charge is -2.35. The van der Waals surface area contributed by atoms with Crippen LogP contribution in [0.5, 0.6) is 0 Å². The highest BCUT2D eigenvalue weighted by Gasteiger charge is 2.64. The maximum Gasteiger partial charge on any atom is 0.411 e. The third-order valence-corrected chi connectivity index (χ3v) is 4.63. The molecule has 0 N–H and O–H groups in total. The molecule has 132 valence electrons. The summed E-state index contributed by atoms with van der Waals surface area (Å²) in [6.45, 7) is 3.60. The van der Waals surface area contributed by atoms with Gasteiger partial charge in [-0.25, -0.2) is 9.59 Å². The van der Waals surface area contributed by atoms with E-state index >= 15 is 0 Å². The van der Waals surface area contributed by atoms with Crippen LogP contribution in [0, 0.1) is 5.41 Å². The maximum absolute atomic E-state index is 13.5. The van der Waals surface area contributed by atoms with Crippen molar-refractivity contribution in [3.63, 3.8) is 0 Å². The van der Waals surface area contributed by atoms with Crippen LogP contribution in [-0.2, 0) is 19.1 Å². The first-order valence-electron chi connectivity index (χ1n) is 7.32. The molecule has 0 aromatic carbocycles. The zero-order valence-corrected chi connectivity index (χ0v) is 13.6. The van der Waals surface area contributed by atoms with Crippen LogP contribution in [0.1, 0.15) is 20.3 Å². The molecule has 2 atom stereocenters. The molecule has 0 aromatic heterocycles. The minimum Gasteiger partial charge on any atom is -0.466 e. The van der Waals surface area contributed by atoms with E-state index in [0.29, 0.717) is 5.70 Å². The van der Waals surface area contributed by atoms with Gasteiger partial charge in [0, 0.05) is 17.5 Å². The summed E-state index contributed by atoms with van der Waals surface area (Å²) in [6, 6.07) is -2.65. The Hall–Kier alpha value is -2.19. The van der Waals surface area contributed by atoms with Gasteiger partial charge in [0.25, 0.3) is 0 Å². The topological polar surface area (TPSA) is 59.1 Å². The van der Waals surface area contributed by atoms with Crippen molar-refractivity contribution >= 4 is 11.9 Å². The molecule has 0 saturated carbocycles. The van der Waals surface area contributed by atoms with Crippen molar-refractivity contribution in [3.8, 4) is 0 Å². The third kappa shape index (κ3) is 2.03. The van der Waals surface area contributed by atoms with Crippen molar-refractivity contribution < 1.29 is 32.2 Å². The molecule has 0 bridgehead atoms. The summed E-state index contributed by atoms with van der Waals surface area (Å²) in [5.74, 6) is -1.82. The van der Waals surface area contributed by atoms with E-state index in [0.717, 1.165) is 19.2 Å². The number of ether oxygens (including phenoxy) is 2. The Kier molecular flexibility index (Phi) is 3.40. The van der Waals surface area contributed by atoms with Crippen LogP contribution in [0.3, 0.4) is 0 Å². The van der Waals surface area contributed by atoms with Crippen molar-refractivity contribution in [2.45, 2.75) is 38.5 Å². The van der Waals surface area contributed by atoms with Crippen LogP contribution in [0.15, 0.2) is 23.0 Å². The lowest BCUT2D eigenvalue weighted by atomic mass is 9.82. The molecule has 3 aliphatic rings. The quantitative estimate of drug-likeness (QED) is 0.710. The van der Waals surface area contributed by atoms with E-state index in [1.54, 1.807) is 19.9 Å². The zero-order chi connectivity index (χ0) is 18.0. The molecule has 0 aliphatic carbocycles. The van der Waals surface area contributed by atoms with Crippen molar-refractivity contribution in [1.29, 1.82) is 0 Å². The number of methoxy groups -OCH3 is 2. The third-order valence-electron chi connectivity index (χ3n) is 4.63. The van der Waals surface area contributed by atoms with Gasteiger partial charge in [0.05, 0.1) is 25.8 Å². The first-order valence-corrected chi connectivity index (χ1v) is 7.32. The van der Waals surface area contributed by atoms with Crippen molar-refractivity contribution in [3.05, 3.63) is 23.0 Å². The van der Waals surface area contributed by atoms with E-state index in [-0.39, 0.29) is 12.0 Å². The van der Waals surface area contributed by atoms with Crippen LogP contribution in [0.2, 0.25) is 0 Å². The fourth-order valence-corrected chi connectivity index (χ4v) is 3.79. The maximum atomic E-state index is 13.5. The van der Waals surface area contributed by atoms with E-state index < -0.39 is 41.3 Å². The number of hydrogen-bond donors (Lipinski definition) is 0. The summed E-state index contributed by atoms with van der Waals surface area (Å²) in [7, 11) is 2.19. The average Bonchev–Trinajstić information content (AvgIpc) is 3.08. The first-order chi connectivity index (χ1) is 11.0. The van der Waals surface area contributed by atoms with E-state index in [2.05, 4.69) is 4.74 Å². The monoisotopic (exact) mass is 346 g/mol. The van der Waals surface area contributed by atoms with Crippen LogP contribution in [0.25, 0.3) is 0 Å². The normalized spacial score (nSPS) is 27.4. The molecular weight excluding hydrogens is 329 g/mol. The largest absolute Gasteiger partial charge is 0.466 e. The molecule has 9 heteroatoms. The Bertz CT molecular complexity index is 681. The summed E-state index contributed by atoms with van der Waals surface area (Å²) in [5, 5.41) is 2.24. The molecule has 3 aliphatic heterocycles. The van der Waals surface area contributed by atoms with Crippen molar-refractivity contribution in [2.75, 3.05) is 14.2 Å². The molecule has 3 rings (SSSR count). The van der Waals surface area contributed by atoms with E-state index in [9.17, 15) is 22.8 Å². The number of nitrogens with zero attached hydrogens (tertiary/aromatic N) is 2. The van der Waals surface area contributed by atoms with Crippen molar-refractivity contribution in [2.24, 2.45) is 5.41 Å². The predicted molar refractivity (Wildman–Crippen MR) is 74.8 cm³/mol. The second-order valence-corrected chi connectivity index (χ2v) is 6.56. The average molecular weight is 346 g/mol. The number of alkyl halides is 3. The lowest BCUT2D eigenvalue weighted by molar-refractivity contribution is -0.192. The molecule has 0 aromatic rings. The number of carbonyl (C=O) groups is 2. The van der Waals surface area contributed by atoms with Gasteiger partial charge in [0.1, 0.15) is 0 Å². The molecule has 24 heavy (non-hydrogen) atoms. The Morgan fingerprint density at radius 3 is 2.25 bits per heavy atom. The van der Waals surface area contributed by atoms with Gasteiger partial charge < -0.3 is 9.47 Å². The molecule has 3 heterocycles. The summed E-state index contributed by atoms with van der Waals surface area (Å²) >= 11 is 0.